The van der Waals surface area contributed by atoms with Gasteiger partial charge in [-0.2, -0.15) is 0 Å². The summed E-state index contributed by atoms with van der Waals surface area (Å²) in [5.41, 5.74) is 3.55. The van der Waals surface area contributed by atoms with Crippen molar-refractivity contribution in [1.29, 1.82) is 0 Å². The van der Waals surface area contributed by atoms with E-state index in [0.29, 0.717) is 47.6 Å². The number of hydrogen-bond acceptors (Lipinski definition) is 5. The molecule has 0 spiro atoms. The Morgan fingerprint density at radius 1 is 1.12 bits per heavy atom. The van der Waals surface area contributed by atoms with Crippen LogP contribution in [0.3, 0.4) is 0 Å². The van der Waals surface area contributed by atoms with Gasteiger partial charge in [0.05, 0.1) is 12.2 Å². The molecular weight excluding hydrogens is 509 g/mol. The van der Waals surface area contributed by atoms with Crippen LogP contribution in [0.4, 0.5) is 4.39 Å². The zero-order chi connectivity index (χ0) is 27.8. The maximum Gasteiger partial charge on any atom is 0.254 e. The molecule has 0 unspecified atom stereocenters. The molecule has 2 aromatic carbocycles. The lowest BCUT2D eigenvalue weighted by Crippen LogP contribution is -2.48. The predicted octanol–water partition coefficient (Wildman–Crippen LogP) is 5.24. The summed E-state index contributed by atoms with van der Waals surface area (Å²) in [6, 6.07) is 10.3. The van der Waals surface area contributed by atoms with Crippen molar-refractivity contribution in [3.05, 3.63) is 76.4 Å². The monoisotopic (exact) mass is 545 g/mol. The topological polar surface area (TPSA) is 80.6 Å². The molecule has 0 bridgehead atoms. The van der Waals surface area contributed by atoms with E-state index in [9.17, 15) is 9.59 Å². The van der Waals surface area contributed by atoms with Gasteiger partial charge in [0.2, 0.25) is 5.91 Å². The van der Waals surface area contributed by atoms with Crippen LogP contribution in [0.15, 0.2) is 42.6 Å². The van der Waals surface area contributed by atoms with Crippen molar-refractivity contribution in [2.45, 2.75) is 77.6 Å². The molecule has 1 fully saturated rings. The number of fused-ring (bicyclic) bond motifs is 2. The largest absolute Gasteiger partial charge is 0.487 e. The van der Waals surface area contributed by atoms with Gasteiger partial charge in [0, 0.05) is 42.7 Å². The van der Waals surface area contributed by atoms with Gasteiger partial charge < -0.3 is 14.5 Å². The third-order valence-electron chi connectivity index (χ3n) is 8.56. The number of aromatic nitrogens is 3. The predicted molar refractivity (Wildman–Crippen MR) is 147 cm³/mol. The SMILES string of the molecule is CC(C)n1cc(COc2ccc(F)c3c2[C@@H](CN2Cc4ccccc4C2=O)N(C(=O)C2CCCCC2)CC3)nn1. The molecule has 0 saturated heterocycles. The van der Waals surface area contributed by atoms with Crippen molar-refractivity contribution >= 4 is 11.8 Å². The molecule has 3 heterocycles. The number of carbonyl (C=O) groups is 2. The molecule has 40 heavy (non-hydrogen) atoms. The second kappa shape index (κ2) is 11.0. The summed E-state index contributed by atoms with van der Waals surface area (Å²) in [7, 11) is 0. The molecule has 8 nitrogen and oxygen atoms in total. The minimum absolute atomic E-state index is 0.0340. The van der Waals surface area contributed by atoms with Gasteiger partial charge in [-0.05, 0) is 62.4 Å². The molecule has 1 aromatic heterocycles. The van der Waals surface area contributed by atoms with Gasteiger partial charge in [-0.15, -0.1) is 5.10 Å². The van der Waals surface area contributed by atoms with Crippen LogP contribution in [0, 0.1) is 11.7 Å². The van der Waals surface area contributed by atoms with Gasteiger partial charge >= 0.3 is 0 Å². The van der Waals surface area contributed by atoms with Gasteiger partial charge in [0.25, 0.3) is 5.91 Å². The zero-order valence-corrected chi connectivity index (χ0v) is 23.2. The molecule has 0 N–H and O–H groups in total. The lowest BCUT2D eigenvalue weighted by atomic mass is 9.85. The molecule has 1 aliphatic carbocycles. The number of amides is 2. The second-order valence-corrected chi connectivity index (χ2v) is 11.5. The second-order valence-electron chi connectivity index (χ2n) is 11.5. The molecule has 3 aromatic rings. The van der Waals surface area contributed by atoms with E-state index in [-0.39, 0.29) is 42.7 Å². The quantitative estimate of drug-likeness (QED) is 0.406. The lowest BCUT2D eigenvalue weighted by Gasteiger charge is -2.42. The lowest BCUT2D eigenvalue weighted by molar-refractivity contribution is -0.140. The Bertz CT molecular complexity index is 1410. The molecule has 3 aliphatic rings. The number of carbonyl (C=O) groups excluding carboxylic acids is 2. The van der Waals surface area contributed by atoms with Crippen LogP contribution >= 0.6 is 0 Å². The maximum absolute atomic E-state index is 15.3. The number of ether oxygens (including phenoxy) is 1. The highest BCUT2D eigenvalue weighted by atomic mass is 19.1. The van der Waals surface area contributed by atoms with Gasteiger partial charge in [-0.1, -0.05) is 42.7 Å². The van der Waals surface area contributed by atoms with E-state index in [0.717, 1.165) is 37.7 Å². The van der Waals surface area contributed by atoms with E-state index >= 15 is 4.39 Å². The average molecular weight is 546 g/mol. The number of benzene rings is 2. The van der Waals surface area contributed by atoms with Crippen LogP contribution in [0.1, 0.15) is 90.8 Å². The van der Waals surface area contributed by atoms with Gasteiger partial charge in [-0.25, -0.2) is 9.07 Å². The van der Waals surface area contributed by atoms with E-state index in [1.54, 1.807) is 15.6 Å². The van der Waals surface area contributed by atoms with Crippen molar-refractivity contribution < 1.29 is 18.7 Å². The summed E-state index contributed by atoms with van der Waals surface area (Å²) in [6.45, 7) is 5.39. The zero-order valence-electron chi connectivity index (χ0n) is 23.2. The van der Waals surface area contributed by atoms with E-state index in [1.165, 1.54) is 6.07 Å². The van der Waals surface area contributed by atoms with Crippen LogP contribution < -0.4 is 4.74 Å². The van der Waals surface area contributed by atoms with E-state index < -0.39 is 6.04 Å². The van der Waals surface area contributed by atoms with Crippen LogP contribution in [0.25, 0.3) is 0 Å². The molecule has 1 atom stereocenters. The van der Waals surface area contributed by atoms with Crippen LogP contribution in [-0.4, -0.2) is 49.7 Å². The highest BCUT2D eigenvalue weighted by Crippen LogP contribution is 2.41. The fourth-order valence-electron chi connectivity index (χ4n) is 6.40. The number of nitrogens with zero attached hydrogens (tertiary/aromatic N) is 5. The Morgan fingerprint density at radius 3 is 2.67 bits per heavy atom. The molecule has 9 heteroatoms. The first kappa shape index (κ1) is 26.5. The molecule has 2 aliphatic heterocycles. The van der Waals surface area contributed by atoms with Crippen molar-refractivity contribution in [3.8, 4) is 5.75 Å². The smallest absolute Gasteiger partial charge is 0.254 e. The van der Waals surface area contributed by atoms with E-state index in [4.69, 9.17) is 4.74 Å². The van der Waals surface area contributed by atoms with E-state index in [2.05, 4.69) is 10.3 Å². The third-order valence-corrected chi connectivity index (χ3v) is 8.56. The standard InChI is InChI=1S/C31H36FN5O3/c1-20(2)37-17-23(33-34-37)19-40-28-13-12-26(32)25-14-15-36(30(38)21-8-4-3-5-9-21)27(29(25)28)18-35-16-22-10-6-7-11-24(22)31(35)39/h6-7,10-13,17,20-21,27H,3-5,8-9,14-16,18-19H2,1-2H3/t27-/m1/s1. The Hall–Kier alpha value is -3.75. The van der Waals surface area contributed by atoms with Gasteiger partial charge in [0.1, 0.15) is 23.9 Å². The van der Waals surface area contributed by atoms with Gasteiger partial charge in [-0.3, -0.25) is 9.59 Å². The molecule has 6 rings (SSSR count). The Kier molecular flexibility index (Phi) is 7.29. The normalized spacial score (nSPS) is 19.2. The van der Waals surface area contributed by atoms with Crippen LogP contribution in [-0.2, 0) is 24.4 Å². The molecular formula is C31H36FN5O3. The van der Waals surface area contributed by atoms with Crippen LogP contribution in [0.2, 0.25) is 0 Å². The highest BCUT2D eigenvalue weighted by Gasteiger charge is 2.40. The summed E-state index contributed by atoms with van der Waals surface area (Å²) < 4.78 is 23.3. The molecule has 1 saturated carbocycles. The Morgan fingerprint density at radius 2 is 1.93 bits per heavy atom. The van der Waals surface area contributed by atoms with Crippen LogP contribution in [0.5, 0.6) is 5.75 Å². The summed E-state index contributed by atoms with van der Waals surface area (Å²) >= 11 is 0. The number of rotatable bonds is 7. The first-order valence-electron chi connectivity index (χ1n) is 14.4. The fourth-order valence-corrected chi connectivity index (χ4v) is 6.40. The van der Waals surface area contributed by atoms with Crippen molar-refractivity contribution in [2.75, 3.05) is 13.1 Å². The minimum atomic E-state index is -0.506. The summed E-state index contributed by atoms with van der Waals surface area (Å²) in [5.74, 6) is 0.226. The van der Waals surface area contributed by atoms with E-state index in [1.807, 2.05) is 49.2 Å². The first-order chi connectivity index (χ1) is 19.4. The molecule has 2 amide bonds. The maximum atomic E-state index is 15.3. The Balaban J connectivity index is 1.34. The van der Waals surface area contributed by atoms with Crippen molar-refractivity contribution in [1.82, 2.24) is 24.8 Å². The van der Waals surface area contributed by atoms with Crippen molar-refractivity contribution in [3.63, 3.8) is 0 Å². The highest BCUT2D eigenvalue weighted by molar-refractivity contribution is 5.98. The number of halogens is 1. The summed E-state index contributed by atoms with van der Waals surface area (Å²) in [4.78, 5) is 31.0. The summed E-state index contributed by atoms with van der Waals surface area (Å²) in [6.07, 6.45) is 7.25. The number of hydrogen-bond donors (Lipinski definition) is 0. The first-order valence-corrected chi connectivity index (χ1v) is 14.4. The molecule has 210 valence electrons. The minimum Gasteiger partial charge on any atom is -0.487 e. The Labute approximate surface area is 234 Å². The van der Waals surface area contributed by atoms with Gasteiger partial charge in [0.15, 0.2) is 0 Å². The fraction of sp³-hybridized carbons (Fsp3) is 0.484. The molecule has 0 radical (unpaired) electrons. The third kappa shape index (κ3) is 4.97. The average Bonchev–Trinajstić information content (AvgIpc) is 3.58. The summed E-state index contributed by atoms with van der Waals surface area (Å²) in [5, 5.41) is 8.38. The van der Waals surface area contributed by atoms with Crippen molar-refractivity contribution in [2.24, 2.45) is 5.92 Å².